The predicted molar refractivity (Wildman–Crippen MR) is 82.1 cm³/mol. The van der Waals surface area contributed by atoms with Crippen molar-refractivity contribution < 1.29 is 4.79 Å². The molecule has 0 aliphatic carbocycles. The Morgan fingerprint density at radius 3 is 2.65 bits per heavy atom. The van der Waals surface area contributed by atoms with Gasteiger partial charge in [0.25, 0.3) is 0 Å². The second-order valence-electron chi connectivity index (χ2n) is 5.26. The fraction of sp³-hybridized carbons (Fsp3) is 0.235. The van der Waals surface area contributed by atoms with E-state index in [0.29, 0.717) is 5.02 Å². The maximum atomic E-state index is 12.0. The SMILES string of the molecule is CC(=O)[C@H]1Cc2cc(Cl)ccc2N[C@H]1c1ccccc1. The summed E-state index contributed by atoms with van der Waals surface area (Å²) in [6, 6.07) is 16.0. The highest BCUT2D eigenvalue weighted by molar-refractivity contribution is 6.30. The Labute approximate surface area is 123 Å². The van der Waals surface area contributed by atoms with Crippen LogP contribution < -0.4 is 5.32 Å². The molecule has 1 N–H and O–H groups in total. The van der Waals surface area contributed by atoms with Crippen molar-refractivity contribution in [1.82, 2.24) is 0 Å². The summed E-state index contributed by atoms with van der Waals surface area (Å²) in [6.07, 6.45) is 0.734. The summed E-state index contributed by atoms with van der Waals surface area (Å²) in [5.41, 5.74) is 3.33. The molecule has 0 saturated heterocycles. The van der Waals surface area contributed by atoms with E-state index < -0.39 is 0 Å². The number of nitrogens with one attached hydrogen (secondary N) is 1. The topological polar surface area (TPSA) is 29.1 Å². The lowest BCUT2D eigenvalue weighted by molar-refractivity contribution is -0.121. The van der Waals surface area contributed by atoms with Crippen LogP contribution in [0.25, 0.3) is 0 Å². The minimum atomic E-state index is -0.0524. The minimum absolute atomic E-state index is 0.0300. The molecule has 102 valence electrons. The van der Waals surface area contributed by atoms with Crippen LogP contribution in [-0.4, -0.2) is 5.78 Å². The van der Waals surface area contributed by atoms with Gasteiger partial charge in [-0.2, -0.15) is 0 Å². The highest BCUT2D eigenvalue weighted by Gasteiger charge is 2.32. The monoisotopic (exact) mass is 285 g/mol. The molecular formula is C17H16ClNO. The zero-order chi connectivity index (χ0) is 14.1. The first-order valence-electron chi connectivity index (χ1n) is 6.75. The smallest absolute Gasteiger partial charge is 0.135 e. The van der Waals surface area contributed by atoms with Gasteiger partial charge in [-0.25, -0.2) is 0 Å². The van der Waals surface area contributed by atoms with Gasteiger partial charge in [-0.15, -0.1) is 0 Å². The third-order valence-electron chi connectivity index (χ3n) is 3.90. The number of anilines is 1. The van der Waals surface area contributed by atoms with Gasteiger partial charge in [-0.3, -0.25) is 4.79 Å². The molecule has 0 bridgehead atoms. The van der Waals surface area contributed by atoms with Crippen LogP contribution in [0.15, 0.2) is 48.5 Å². The lowest BCUT2D eigenvalue weighted by Crippen LogP contribution is -2.32. The largest absolute Gasteiger partial charge is 0.377 e. The van der Waals surface area contributed by atoms with Gasteiger partial charge in [-0.1, -0.05) is 41.9 Å². The molecule has 0 unspecified atom stereocenters. The minimum Gasteiger partial charge on any atom is -0.377 e. The van der Waals surface area contributed by atoms with E-state index in [2.05, 4.69) is 17.4 Å². The number of carbonyl (C=O) groups excluding carboxylic acids is 1. The van der Waals surface area contributed by atoms with Crippen molar-refractivity contribution in [2.24, 2.45) is 5.92 Å². The third kappa shape index (κ3) is 2.44. The van der Waals surface area contributed by atoms with E-state index in [1.165, 1.54) is 0 Å². The van der Waals surface area contributed by atoms with Crippen molar-refractivity contribution in [3.63, 3.8) is 0 Å². The molecule has 1 aliphatic heterocycles. The number of benzene rings is 2. The number of hydrogen-bond donors (Lipinski definition) is 1. The molecule has 0 fully saturated rings. The molecule has 2 nitrogen and oxygen atoms in total. The third-order valence-corrected chi connectivity index (χ3v) is 4.14. The highest BCUT2D eigenvalue weighted by atomic mass is 35.5. The molecule has 0 saturated carbocycles. The van der Waals surface area contributed by atoms with Gasteiger partial charge in [0, 0.05) is 16.6 Å². The van der Waals surface area contributed by atoms with Crippen molar-refractivity contribution in [3.05, 3.63) is 64.7 Å². The highest BCUT2D eigenvalue weighted by Crippen LogP contribution is 2.38. The lowest BCUT2D eigenvalue weighted by Gasteiger charge is -2.34. The maximum Gasteiger partial charge on any atom is 0.135 e. The molecule has 2 atom stereocenters. The standard InChI is InChI=1S/C17H16ClNO/c1-11(20)15-10-13-9-14(18)7-8-16(13)19-17(15)12-5-3-2-4-6-12/h2-9,15,17,19H,10H2,1H3/t15-,17+/m1/s1. The van der Waals surface area contributed by atoms with Crippen molar-refractivity contribution in [2.75, 3.05) is 5.32 Å². The van der Waals surface area contributed by atoms with Crippen molar-refractivity contribution in [1.29, 1.82) is 0 Å². The quantitative estimate of drug-likeness (QED) is 0.893. The normalized spacial score (nSPS) is 20.9. The van der Waals surface area contributed by atoms with E-state index in [-0.39, 0.29) is 17.7 Å². The first-order chi connectivity index (χ1) is 9.65. The van der Waals surface area contributed by atoms with Gasteiger partial charge < -0.3 is 5.32 Å². The molecule has 3 heteroatoms. The number of rotatable bonds is 2. The number of hydrogen-bond acceptors (Lipinski definition) is 2. The van der Waals surface area contributed by atoms with E-state index in [1.54, 1.807) is 6.92 Å². The van der Waals surface area contributed by atoms with Crippen LogP contribution in [0.5, 0.6) is 0 Å². The van der Waals surface area contributed by atoms with Crippen molar-refractivity contribution in [2.45, 2.75) is 19.4 Å². The summed E-state index contributed by atoms with van der Waals surface area (Å²) in [7, 11) is 0. The van der Waals surface area contributed by atoms with Crippen LogP contribution in [0.4, 0.5) is 5.69 Å². The van der Waals surface area contributed by atoms with E-state index in [4.69, 9.17) is 11.6 Å². The molecule has 0 aromatic heterocycles. The number of halogens is 1. The van der Waals surface area contributed by atoms with Crippen molar-refractivity contribution in [3.8, 4) is 0 Å². The maximum absolute atomic E-state index is 12.0. The molecular weight excluding hydrogens is 270 g/mol. The van der Waals surface area contributed by atoms with Crippen LogP contribution in [-0.2, 0) is 11.2 Å². The Kier molecular flexibility index (Phi) is 3.49. The molecule has 3 rings (SSSR count). The fourth-order valence-corrected chi connectivity index (χ4v) is 3.04. The average Bonchev–Trinajstić information content (AvgIpc) is 2.46. The first-order valence-corrected chi connectivity index (χ1v) is 7.13. The molecule has 0 amide bonds. The molecule has 1 aliphatic rings. The Morgan fingerprint density at radius 2 is 1.95 bits per heavy atom. The zero-order valence-corrected chi connectivity index (χ0v) is 12.0. The Balaban J connectivity index is 2.02. The van der Waals surface area contributed by atoms with Gasteiger partial charge in [0.2, 0.25) is 0 Å². The van der Waals surface area contributed by atoms with E-state index in [1.807, 2.05) is 36.4 Å². The van der Waals surface area contributed by atoms with Crippen LogP contribution in [0.1, 0.15) is 24.1 Å². The first kappa shape index (κ1) is 13.2. The van der Waals surface area contributed by atoms with Crippen molar-refractivity contribution >= 4 is 23.1 Å². The van der Waals surface area contributed by atoms with E-state index >= 15 is 0 Å². The number of Topliss-reactive ketones (excluding diaryl/α,β-unsaturated/α-hetero) is 1. The average molecular weight is 286 g/mol. The van der Waals surface area contributed by atoms with E-state index in [9.17, 15) is 4.79 Å². The van der Waals surface area contributed by atoms with Gasteiger partial charge in [0.1, 0.15) is 5.78 Å². The lowest BCUT2D eigenvalue weighted by atomic mass is 9.81. The summed E-state index contributed by atoms with van der Waals surface area (Å²) in [6.45, 7) is 1.66. The summed E-state index contributed by atoms with van der Waals surface area (Å²) < 4.78 is 0. The Bertz CT molecular complexity index is 639. The van der Waals surface area contributed by atoms with Crippen LogP contribution >= 0.6 is 11.6 Å². The number of carbonyl (C=O) groups is 1. The second kappa shape index (κ2) is 5.29. The van der Waals surface area contributed by atoms with Gasteiger partial charge in [0.05, 0.1) is 6.04 Å². The van der Waals surface area contributed by atoms with Crippen LogP contribution in [0.2, 0.25) is 5.02 Å². The molecule has 1 heterocycles. The molecule has 0 radical (unpaired) electrons. The Hall–Kier alpha value is -1.80. The summed E-state index contributed by atoms with van der Waals surface area (Å²) in [5.74, 6) is 0.153. The molecule has 0 spiro atoms. The van der Waals surface area contributed by atoms with Gasteiger partial charge in [-0.05, 0) is 42.7 Å². The second-order valence-corrected chi connectivity index (χ2v) is 5.69. The predicted octanol–water partition coefficient (Wildman–Crippen LogP) is 4.25. The zero-order valence-electron chi connectivity index (χ0n) is 11.3. The Morgan fingerprint density at radius 1 is 1.20 bits per heavy atom. The molecule has 20 heavy (non-hydrogen) atoms. The molecule has 2 aromatic carbocycles. The van der Waals surface area contributed by atoms with Gasteiger partial charge in [0.15, 0.2) is 0 Å². The summed E-state index contributed by atoms with van der Waals surface area (Å²) in [4.78, 5) is 12.0. The van der Waals surface area contributed by atoms with Crippen LogP contribution in [0.3, 0.4) is 0 Å². The summed E-state index contributed by atoms with van der Waals surface area (Å²) >= 11 is 6.04. The van der Waals surface area contributed by atoms with Gasteiger partial charge >= 0.3 is 0 Å². The number of fused-ring (bicyclic) bond motifs is 1. The number of ketones is 1. The fourth-order valence-electron chi connectivity index (χ4n) is 2.85. The van der Waals surface area contributed by atoms with E-state index in [0.717, 1.165) is 23.2 Å². The summed E-state index contributed by atoms with van der Waals surface area (Å²) in [5, 5.41) is 4.21. The van der Waals surface area contributed by atoms with Crippen LogP contribution in [0, 0.1) is 5.92 Å². The molecule has 2 aromatic rings.